The average Bonchev–Trinajstić information content (AvgIpc) is 2.89. The Balaban J connectivity index is 3.23. The molecule has 0 fully saturated rings. The minimum absolute atomic E-state index is 0.160. The molecule has 1 rings (SSSR count). The monoisotopic (exact) mass is 316 g/mol. The van der Waals surface area contributed by atoms with Crippen molar-refractivity contribution in [1.29, 1.82) is 0 Å². The Hall–Kier alpha value is -0.0900. The first kappa shape index (κ1) is 18.0. The van der Waals surface area contributed by atoms with Gasteiger partial charge in [-0.05, 0) is 44.6 Å². The third-order valence-corrected chi connectivity index (χ3v) is 5.74. The smallest absolute Gasteiger partial charge is 0.0931 e. The van der Waals surface area contributed by atoms with Gasteiger partial charge in [0.15, 0.2) is 0 Å². The second-order valence-corrected chi connectivity index (χ2v) is 6.86. The highest BCUT2D eigenvalue weighted by Gasteiger charge is 2.40. The number of thiophene rings is 1. The largest absolute Gasteiger partial charge is 0.308 e. The van der Waals surface area contributed by atoms with E-state index in [2.05, 4.69) is 50.9 Å². The first-order valence-electron chi connectivity index (χ1n) is 7.83. The van der Waals surface area contributed by atoms with E-state index >= 15 is 0 Å². The number of hydrogen-bond donors (Lipinski definition) is 1. The van der Waals surface area contributed by atoms with Crippen LogP contribution in [0.1, 0.15) is 58.4 Å². The average molecular weight is 317 g/mol. The molecule has 0 spiro atoms. The van der Waals surface area contributed by atoms with E-state index in [0.29, 0.717) is 6.04 Å². The van der Waals surface area contributed by atoms with Gasteiger partial charge in [0.05, 0.1) is 10.4 Å². The summed E-state index contributed by atoms with van der Waals surface area (Å²) >= 11 is 7.87. The Kier molecular flexibility index (Phi) is 7.52. The fourth-order valence-electron chi connectivity index (χ4n) is 3.38. The van der Waals surface area contributed by atoms with E-state index < -0.39 is 0 Å². The molecule has 0 radical (unpaired) electrons. The van der Waals surface area contributed by atoms with Gasteiger partial charge in [0.1, 0.15) is 0 Å². The van der Waals surface area contributed by atoms with Crippen molar-refractivity contribution in [2.24, 2.45) is 0 Å². The number of nitrogens with one attached hydrogen (secondary N) is 1. The summed E-state index contributed by atoms with van der Waals surface area (Å²) < 4.78 is 0.878. The predicted molar refractivity (Wildman–Crippen MR) is 92.0 cm³/mol. The van der Waals surface area contributed by atoms with Crippen LogP contribution >= 0.6 is 22.9 Å². The maximum absolute atomic E-state index is 6.17. The fraction of sp³-hybridized carbons (Fsp3) is 0.750. The van der Waals surface area contributed by atoms with Crippen LogP contribution in [-0.2, 0) is 0 Å². The Bertz CT molecular complexity index is 384. The zero-order valence-electron chi connectivity index (χ0n) is 13.5. The van der Waals surface area contributed by atoms with Gasteiger partial charge >= 0.3 is 0 Å². The highest BCUT2D eigenvalue weighted by atomic mass is 35.5. The summed E-state index contributed by atoms with van der Waals surface area (Å²) in [5.41, 5.74) is 0.160. The molecule has 0 bridgehead atoms. The summed E-state index contributed by atoms with van der Waals surface area (Å²) in [6.45, 7) is 14.5. The molecular weight excluding hydrogens is 288 g/mol. The van der Waals surface area contributed by atoms with Crippen LogP contribution in [0.4, 0.5) is 0 Å². The Labute approximate surface area is 133 Å². The Morgan fingerprint density at radius 1 is 1.15 bits per heavy atom. The van der Waals surface area contributed by atoms with E-state index in [1.807, 2.05) is 6.07 Å². The summed E-state index contributed by atoms with van der Waals surface area (Å²) in [6, 6.07) is 4.55. The van der Waals surface area contributed by atoms with Gasteiger partial charge in [0.25, 0.3) is 0 Å². The van der Waals surface area contributed by atoms with Gasteiger partial charge in [-0.3, -0.25) is 4.90 Å². The van der Waals surface area contributed by atoms with E-state index in [1.54, 1.807) is 11.3 Å². The molecule has 4 heteroatoms. The van der Waals surface area contributed by atoms with E-state index in [4.69, 9.17) is 11.6 Å². The molecule has 0 saturated carbocycles. The van der Waals surface area contributed by atoms with Crippen molar-refractivity contribution in [2.75, 3.05) is 19.6 Å². The Morgan fingerprint density at radius 3 is 2.10 bits per heavy atom. The SMILES string of the molecule is CCNC(c1ccc(Cl)s1)C(CC)(CC)N(CC)CC. The van der Waals surface area contributed by atoms with Crippen molar-refractivity contribution in [1.82, 2.24) is 10.2 Å². The molecule has 20 heavy (non-hydrogen) atoms. The van der Waals surface area contributed by atoms with Crippen molar-refractivity contribution in [3.05, 3.63) is 21.3 Å². The zero-order valence-corrected chi connectivity index (χ0v) is 15.1. The lowest BCUT2D eigenvalue weighted by Crippen LogP contribution is -2.55. The number of likely N-dealkylation sites (N-methyl/N-ethyl adjacent to an activating group) is 2. The third kappa shape index (κ3) is 3.56. The molecule has 1 heterocycles. The van der Waals surface area contributed by atoms with Crippen molar-refractivity contribution in [3.63, 3.8) is 0 Å². The normalized spacial score (nSPS) is 13.9. The number of rotatable bonds is 9. The lowest BCUT2D eigenvalue weighted by Gasteiger charge is -2.48. The van der Waals surface area contributed by atoms with Crippen LogP contribution in [-0.4, -0.2) is 30.1 Å². The molecule has 0 aromatic carbocycles. The van der Waals surface area contributed by atoms with Gasteiger partial charge in [-0.1, -0.05) is 46.2 Å². The van der Waals surface area contributed by atoms with E-state index in [1.165, 1.54) is 4.88 Å². The quantitative estimate of drug-likeness (QED) is 0.693. The molecule has 1 atom stereocenters. The summed E-state index contributed by atoms with van der Waals surface area (Å²) in [7, 11) is 0. The van der Waals surface area contributed by atoms with E-state index in [-0.39, 0.29) is 5.54 Å². The lowest BCUT2D eigenvalue weighted by atomic mass is 9.81. The van der Waals surface area contributed by atoms with Gasteiger partial charge in [-0.15, -0.1) is 11.3 Å². The van der Waals surface area contributed by atoms with Gasteiger partial charge in [0.2, 0.25) is 0 Å². The van der Waals surface area contributed by atoms with Crippen LogP contribution in [0.3, 0.4) is 0 Å². The lowest BCUT2D eigenvalue weighted by molar-refractivity contribution is 0.0505. The molecule has 0 aliphatic rings. The highest BCUT2D eigenvalue weighted by molar-refractivity contribution is 7.16. The van der Waals surface area contributed by atoms with Crippen LogP contribution in [0.5, 0.6) is 0 Å². The number of hydrogen-bond acceptors (Lipinski definition) is 3. The van der Waals surface area contributed by atoms with Crippen LogP contribution < -0.4 is 5.32 Å². The minimum Gasteiger partial charge on any atom is -0.308 e. The van der Waals surface area contributed by atoms with Crippen molar-refractivity contribution < 1.29 is 0 Å². The molecule has 0 aliphatic carbocycles. The molecule has 1 aromatic heterocycles. The van der Waals surface area contributed by atoms with Crippen molar-refractivity contribution in [2.45, 2.75) is 59.0 Å². The van der Waals surface area contributed by atoms with E-state index in [0.717, 1.165) is 36.8 Å². The van der Waals surface area contributed by atoms with Gasteiger partial charge in [0, 0.05) is 10.4 Å². The molecule has 0 saturated heterocycles. The summed E-state index contributed by atoms with van der Waals surface area (Å²) in [5, 5.41) is 3.71. The van der Waals surface area contributed by atoms with Gasteiger partial charge in [-0.25, -0.2) is 0 Å². The standard InChI is InChI=1S/C16H29ClN2S/c1-6-16(7-2,19(9-4)10-5)15(18-8-3)13-11-12-14(17)20-13/h11-12,15,18H,6-10H2,1-5H3. The first-order chi connectivity index (χ1) is 9.59. The van der Waals surface area contributed by atoms with Gasteiger partial charge < -0.3 is 5.32 Å². The third-order valence-electron chi connectivity index (χ3n) is 4.44. The molecule has 1 unspecified atom stereocenters. The predicted octanol–water partition coefficient (Wildman–Crippen LogP) is 4.95. The second-order valence-electron chi connectivity index (χ2n) is 5.12. The Morgan fingerprint density at radius 2 is 1.75 bits per heavy atom. The van der Waals surface area contributed by atoms with Crippen molar-refractivity contribution >= 4 is 22.9 Å². The van der Waals surface area contributed by atoms with E-state index in [9.17, 15) is 0 Å². The minimum atomic E-state index is 0.160. The summed E-state index contributed by atoms with van der Waals surface area (Å²) in [4.78, 5) is 3.96. The topological polar surface area (TPSA) is 15.3 Å². The number of nitrogens with zero attached hydrogens (tertiary/aromatic N) is 1. The first-order valence-corrected chi connectivity index (χ1v) is 9.02. The molecular formula is C16H29ClN2S. The molecule has 116 valence electrons. The maximum Gasteiger partial charge on any atom is 0.0931 e. The molecule has 1 N–H and O–H groups in total. The second kappa shape index (κ2) is 8.38. The van der Waals surface area contributed by atoms with Crippen LogP contribution in [0.15, 0.2) is 12.1 Å². The molecule has 2 nitrogen and oxygen atoms in total. The number of halogens is 1. The summed E-state index contributed by atoms with van der Waals surface area (Å²) in [5.74, 6) is 0. The highest BCUT2D eigenvalue weighted by Crippen LogP contribution is 2.40. The summed E-state index contributed by atoms with van der Waals surface area (Å²) in [6.07, 6.45) is 2.27. The van der Waals surface area contributed by atoms with Crippen LogP contribution in [0, 0.1) is 0 Å². The van der Waals surface area contributed by atoms with Gasteiger partial charge in [-0.2, -0.15) is 0 Å². The molecule has 1 aromatic rings. The molecule has 0 aliphatic heterocycles. The van der Waals surface area contributed by atoms with Crippen LogP contribution in [0.25, 0.3) is 0 Å². The fourth-order valence-corrected chi connectivity index (χ4v) is 4.63. The molecule has 0 amide bonds. The van der Waals surface area contributed by atoms with Crippen molar-refractivity contribution in [3.8, 4) is 0 Å². The van der Waals surface area contributed by atoms with Crippen LogP contribution in [0.2, 0.25) is 4.34 Å². The zero-order chi connectivity index (χ0) is 15.2. The maximum atomic E-state index is 6.17.